The maximum Gasteiger partial charge on any atom is 0.435 e. The van der Waals surface area contributed by atoms with Crippen molar-refractivity contribution < 1.29 is 58.5 Å². The minimum Gasteiger partial charge on any atom is -0.410 e. The molecule has 4 aliphatic rings. The number of amides is 1. The van der Waals surface area contributed by atoms with Crippen molar-refractivity contribution >= 4 is 27.7 Å². The van der Waals surface area contributed by atoms with E-state index in [4.69, 9.17) is 9.47 Å². The van der Waals surface area contributed by atoms with Crippen LogP contribution in [0.4, 0.5) is 44.3 Å². The van der Waals surface area contributed by atoms with E-state index >= 15 is 0 Å². The number of carbonyl (C=O) groups excluding carboxylic acids is 1. The molecule has 2 aromatic rings. The van der Waals surface area contributed by atoms with Gasteiger partial charge in [0.2, 0.25) is 0 Å². The van der Waals surface area contributed by atoms with Gasteiger partial charge in [-0.05, 0) is 97.8 Å². The van der Waals surface area contributed by atoms with Gasteiger partial charge in [-0.25, -0.2) is 9.48 Å². The molecule has 3 aliphatic carbocycles. The zero-order valence-corrected chi connectivity index (χ0v) is 29.7. The van der Waals surface area contributed by atoms with Gasteiger partial charge in [0, 0.05) is 30.4 Å². The number of halogens is 9. The lowest BCUT2D eigenvalue weighted by atomic mass is 9.55. The normalized spacial score (nSPS) is 28.2. The van der Waals surface area contributed by atoms with Crippen molar-refractivity contribution in [2.24, 2.45) is 17.3 Å². The number of nitrogens with zero attached hydrogens (tertiary/aromatic N) is 4. The van der Waals surface area contributed by atoms with Gasteiger partial charge >= 0.3 is 30.2 Å². The lowest BCUT2D eigenvalue weighted by molar-refractivity contribution is -0.457. The van der Waals surface area contributed by atoms with E-state index in [2.05, 4.69) is 22.0 Å². The molecule has 6 atom stereocenters. The van der Waals surface area contributed by atoms with Gasteiger partial charge in [-0.15, -0.1) is 5.10 Å². The Hall–Kier alpha value is -2.38. The van der Waals surface area contributed by atoms with Crippen LogP contribution >= 0.6 is 21.6 Å². The number of hydrogen-bond acceptors (Lipinski definition) is 8. The van der Waals surface area contributed by atoms with Crippen LogP contribution in [-0.2, 0) is 22.6 Å². The van der Waals surface area contributed by atoms with Gasteiger partial charge in [0.05, 0.1) is 18.9 Å². The Kier molecular flexibility index (Phi) is 11.4. The second-order valence-corrected chi connectivity index (χ2v) is 16.7. The summed E-state index contributed by atoms with van der Waals surface area (Å²) in [5, 5.41) is 7.85. The predicted molar refractivity (Wildman–Crippen MR) is 173 cm³/mol. The van der Waals surface area contributed by atoms with Gasteiger partial charge < -0.3 is 14.2 Å². The summed E-state index contributed by atoms with van der Waals surface area (Å²) >= 11 is 0. The molecule has 0 N–H and O–H groups in total. The van der Waals surface area contributed by atoms with Crippen LogP contribution in [0.25, 0.3) is 0 Å². The first-order chi connectivity index (χ1) is 24.5. The van der Waals surface area contributed by atoms with Crippen LogP contribution in [-0.4, -0.2) is 87.0 Å². The minimum absolute atomic E-state index is 0.0111. The van der Waals surface area contributed by atoms with Crippen molar-refractivity contribution in [2.75, 3.05) is 24.7 Å². The zero-order valence-electron chi connectivity index (χ0n) is 28.1. The molecule has 19 heteroatoms. The van der Waals surface area contributed by atoms with Gasteiger partial charge in [0.25, 0.3) is 0 Å². The third kappa shape index (κ3) is 7.48. The number of benzene rings is 1. The van der Waals surface area contributed by atoms with Crippen LogP contribution in [0.15, 0.2) is 30.6 Å². The standard InChI is InChI=1S/C33H39F9N4O4S2/c1-29-11-9-24-23-6-4-22(50-28(47)46(19-45-13-12-43-44-45)21-10-16-51-52-18-21)17-20(23)3-5-25(24)26(29)7-8-27(29)48-14-2-15-49-30(31(34,35)36,32(37,38)39)33(40,41)42/h4,6,12-13,17,21,24-27H,2-3,5,7-11,14-16,18-19H2,1H3. The third-order valence-electron chi connectivity index (χ3n) is 11.3. The molecule has 3 fully saturated rings. The average Bonchev–Trinajstić information content (AvgIpc) is 3.71. The highest BCUT2D eigenvalue weighted by molar-refractivity contribution is 8.76. The maximum atomic E-state index is 13.5. The number of aryl methyl sites for hydroxylation is 1. The molecule has 2 saturated carbocycles. The van der Waals surface area contributed by atoms with E-state index in [-0.39, 0.29) is 42.7 Å². The highest BCUT2D eigenvalue weighted by Crippen LogP contribution is 2.62. The molecule has 52 heavy (non-hydrogen) atoms. The number of hydrogen-bond donors (Lipinski definition) is 0. The lowest BCUT2D eigenvalue weighted by Gasteiger charge is -2.50. The van der Waals surface area contributed by atoms with Gasteiger partial charge in [-0.3, -0.25) is 4.90 Å². The summed E-state index contributed by atoms with van der Waals surface area (Å²) in [4.78, 5) is 15.2. The SMILES string of the molecule is CC12CCC3c4ccc(OC(=O)N(Cn5ccnn5)C5CCSSC5)cc4CCC3C1CCC2OCCCOC(C(F)(F)F)(C(F)(F)F)C(F)(F)F. The number of aromatic nitrogens is 3. The average molecular weight is 791 g/mol. The molecule has 1 aliphatic heterocycles. The summed E-state index contributed by atoms with van der Waals surface area (Å²) in [7, 11) is 3.49. The summed E-state index contributed by atoms with van der Waals surface area (Å²) < 4.78 is 136. The Bertz CT molecular complexity index is 1500. The van der Waals surface area contributed by atoms with E-state index in [1.807, 2.05) is 18.2 Å². The highest BCUT2D eigenvalue weighted by Gasteiger charge is 2.85. The van der Waals surface area contributed by atoms with E-state index < -0.39 is 43.3 Å². The topological polar surface area (TPSA) is 78.7 Å². The van der Waals surface area contributed by atoms with Gasteiger partial charge in [0.1, 0.15) is 12.4 Å². The summed E-state index contributed by atoms with van der Waals surface area (Å²) in [5.74, 6) is 2.95. The predicted octanol–water partition coefficient (Wildman–Crippen LogP) is 8.96. The minimum atomic E-state index is -6.76. The van der Waals surface area contributed by atoms with Crippen LogP contribution in [0.1, 0.15) is 68.9 Å². The summed E-state index contributed by atoms with van der Waals surface area (Å²) in [5.41, 5.74) is -4.28. The summed E-state index contributed by atoms with van der Waals surface area (Å²) in [6, 6.07) is 5.77. The second-order valence-electron chi connectivity index (χ2n) is 14.1. The molecule has 2 heterocycles. The zero-order chi connectivity index (χ0) is 37.5. The number of carbonyl (C=O) groups is 1. The van der Waals surface area contributed by atoms with Gasteiger partial charge in [-0.2, -0.15) is 39.5 Å². The molecule has 0 bridgehead atoms. The van der Waals surface area contributed by atoms with Crippen molar-refractivity contribution in [1.29, 1.82) is 0 Å². The van der Waals surface area contributed by atoms with E-state index in [0.717, 1.165) is 55.6 Å². The fraction of sp³-hybridized carbons (Fsp3) is 0.727. The Morgan fingerprint density at radius 2 is 1.73 bits per heavy atom. The molecule has 0 spiro atoms. The third-order valence-corrected chi connectivity index (χ3v) is 13.8. The molecule has 1 aromatic carbocycles. The van der Waals surface area contributed by atoms with Crippen molar-refractivity contribution in [3.05, 3.63) is 41.7 Å². The number of alkyl halides is 9. The first-order valence-electron chi connectivity index (χ1n) is 17.1. The molecule has 1 saturated heterocycles. The number of fused-ring (bicyclic) bond motifs is 5. The Morgan fingerprint density at radius 1 is 0.981 bits per heavy atom. The molecule has 6 unspecified atom stereocenters. The van der Waals surface area contributed by atoms with Gasteiger partial charge in [-0.1, -0.05) is 39.8 Å². The van der Waals surface area contributed by atoms with Crippen molar-refractivity contribution in [2.45, 2.75) is 107 Å². The van der Waals surface area contributed by atoms with Crippen LogP contribution in [0, 0.1) is 17.3 Å². The molecular weight excluding hydrogens is 752 g/mol. The molecule has 1 aromatic heterocycles. The smallest absolute Gasteiger partial charge is 0.410 e. The van der Waals surface area contributed by atoms with Crippen LogP contribution in [0.2, 0.25) is 0 Å². The fourth-order valence-electron chi connectivity index (χ4n) is 8.73. The van der Waals surface area contributed by atoms with E-state index in [0.29, 0.717) is 18.1 Å². The second kappa shape index (κ2) is 15.0. The first kappa shape index (κ1) is 39.3. The Balaban J connectivity index is 1.06. The van der Waals surface area contributed by atoms with E-state index in [1.165, 1.54) is 5.56 Å². The summed E-state index contributed by atoms with van der Waals surface area (Å²) in [6.45, 7) is 0.514. The molecule has 0 radical (unpaired) electrons. The molecular formula is C33H39F9N4O4S2. The van der Waals surface area contributed by atoms with E-state index in [1.54, 1.807) is 43.6 Å². The highest BCUT2D eigenvalue weighted by atomic mass is 33.1. The van der Waals surface area contributed by atoms with Crippen LogP contribution in [0.5, 0.6) is 5.75 Å². The molecule has 8 nitrogen and oxygen atoms in total. The first-order valence-corrected chi connectivity index (χ1v) is 19.6. The van der Waals surface area contributed by atoms with Crippen LogP contribution in [0.3, 0.4) is 0 Å². The molecule has 6 rings (SSSR count). The number of rotatable bonds is 10. The van der Waals surface area contributed by atoms with Crippen molar-refractivity contribution in [1.82, 2.24) is 19.9 Å². The summed E-state index contributed by atoms with van der Waals surface area (Å²) in [6.07, 6.45) is -12.9. The quantitative estimate of drug-likeness (QED) is 0.134. The Labute approximate surface area is 302 Å². The maximum absolute atomic E-state index is 13.5. The van der Waals surface area contributed by atoms with Crippen molar-refractivity contribution in [3.8, 4) is 5.75 Å². The molecule has 1 amide bonds. The Morgan fingerprint density at radius 3 is 2.38 bits per heavy atom. The fourth-order valence-corrected chi connectivity index (χ4v) is 11.2. The van der Waals surface area contributed by atoms with Gasteiger partial charge in [0.15, 0.2) is 0 Å². The molecule has 290 valence electrons. The van der Waals surface area contributed by atoms with Crippen LogP contribution < -0.4 is 4.74 Å². The van der Waals surface area contributed by atoms with E-state index in [9.17, 15) is 44.3 Å². The monoisotopic (exact) mass is 790 g/mol. The number of ether oxygens (including phenoxy) is 3. The van der Waals surface area contributed by atoms with Crippen molar-refractivity contribution in [3.63, 3.8) is 0 Å². The largest absolute Gasteiger partial charge is 0.435 e. The lowest BCUT2D eigenvalue weighted by Crippen LogP contribution is -2.67.